The Hall–Kier alpha value is -2.62. The zero-order valence-electron chi connectivity index (χ0n) is 20.4. The van der Waals surface area contributed by atoms with E-state index in [1.165, 1.54) is 12.1 Å². The number of likely N-dealkylation sites (N-methyl/N-ethyl adjacent to an activating group) is 1. The van der Waals surface area contributed by atoms with Crippen molar-refractivity contribution in [1.29, 1.82) is 0 Å². The number of rotatable bonds is 11. The fourth-order valence-corrected chi connectivity index (χ4v) is 5.24. The van der Waals surface area contributed by atoms with E-state index >= 15 is 0 Å². The lowest BCUT2D eigenvalue weighted by Gasteiger charge is -2.32. The van der Waals surface area contributed by atoms with Gasteiger partial charge in [-0.25, -0.2) is 8.42 Å². The van der Waals surface area contributed by atoms with E-state index in [0.717, 1.165) is 49.0 Å². The summed E-state index contributed by atoms with van der Waals surface area (Å²) in [6.07, 6.45) is 0.825. The number of nitrogens with zero attached hydrogens (tertiary/aromatic N) is 3. The van der Waals surface area contributed by atoms with E-state index in [2.05, 4.69) is 22.2 Å². The van der Waals surface area contributed by atoms with Gasteiger partial charge in [-0.05, 0) is 70.3 Å². The Labute approximate surface area is 203 Å². The average Bonchev–Trinajstić information content (AvgIpc) is 2.83. The molecule has 1 aliphatic heterocycles. The van der Waals surface area contributed by atoms with Crippen LogP contribution in [0, 0.1) is 6.92 Å². The van der Waals surface area contributed by atoms with Crippen LogP contribution in [0.25, 0.3) is 0 Å². The molecule has 0 unspecified atom stereocenters. The first kappa shape index (κ1) is 26.0. The van der Waals surface area contributed by atoms with Crippen LogP contribution in [-0.4, -0.2) is 83.6 Å². The van der Waals surface area contributed by atoms with Gasteiger partial charge >= 0.3 is 0 Å². The average molecular weight is 489 g/mol. The van der Waals surface area contributed by atoms with Crippen molar-refractivity contribution in [1.82, 2.24) is 15.1 Å². The molecule has 3 rings (SSSR count). The van der Waals surface area contributed by atoms with Crippen molar-refractivity contribution in [3.8, 4) is 5.75 Å². The van der Waals surface area contributed by atoms with Gasteiger partial charge in [0.1, 0.15) is 12.3 Å². The largest absolute Gasteiger partial charge is 0.494 e. The highest BCUT2D eigenvalue weighted by Crippen LogP contribution is 2.25. The molecule has 0 aliphatic carbocycles. The predicted molar refractivity (Wildman–Crippen MR) is 135 cm³/mol. The molecule has 8 nitrogen and oxygen atoms in total. The maximum absolute atomic E-state index is 13.5. The minimum absolute atomic E-state index is 0.111. The SMILES string of the molecule is CCOc1ccc(S(=O)(=O)N(CC(=O)NCCCN2CCN(C)CC2)c2ccc(C)cc2)cc1. The van der Waals surface area contributed by atoms with Crippen molar-refractivity contribution in [2.75, 3.05) is 63.8 Å². The number of ether oxygens (including phenoxy) is 1. The number of piperazine rings is 1. The summed E-state index contributed by atoms with van der Waals surface area (Å²) in [6, 6.07) is 13.4. The molecule has 0 saturated carbocycles. The number of anilines is 1. The van der Waals surface area contributed by atoms with Crippen LogP contribution < -0.4 is 14.4 Å². The standard InChI is InChI=1S/C25H36N4O4S/c1-4-33-23-10-12-24(13-11-23)34(31,32)29(22-8-6-21(2)7-9-22)20-25(30)26-14-5-15-28-18-16-27(3)17-19-28/h6-13H,4-5,14-20H2,1-3H3,(H,26,30). The van der Waals surface area contributed by atoms with Crippen LogP contribution in [-0.2, 0) is 14.8 Å². The zero-order valence-corrected chi connectivity index (χ0v) is 21.2. The Balaban J connectivity index is 1.65. The van der Waals surface area contributed by atoms with Gasteiger partial charge in [0.2, 0.25) is 5.91 Å². The number of amides is 1. The van der Waals surface area contributed by atoms with Gasteiger partial charge in [0, 0.05) is 32.7 Å². The number of carbonyl (C=O) groups is 1. The highest BCUT2D eigenvalue weighted by molar-refractivity contribution is 7.92. The van der Waals surface area contributed by atoms with Gasteiger partial charge in [0.05, 0.1) is 17.2 Å². The molecule has 1 fully saturated rings. The second-order valence-electron chi connectivity index (χ2n) is 8.60. The molecule has 1 amide bonds. The minimum Gasteiger partial charge on any atom is -0.494 e. The monoisotopic (exact) mass is 488 g/mol. The van der Waals surface area contributed by atoms with E-state index in [1.807, 2.05) is 26.0 Å². The number of hydrogen-bond donors (Lipinski definition) is 1. The van der Waals surface area contributed by atoms with Crippen molar-refractivity contribution < 1.29 is 17.9 Å². The molecule has 2 aromatic carbocycles. The first-order chi connectivity index (χ1) is 16.3. The van der Waals surface area contributed by atoms with Crippen LogP contribution in [0.3, 0.4) is 0 Å². The third-order valence-electron chi connectivity index (χ3n) is 5.90. The van der Waals surface area contributed by atoms with Crippen LogP contribution in [0.4, 0.5) is 5.69 Å². The third-order valence-corrected chi connectivity index (χ3v) is 7.69. The number of hydrogen-bond acceptors (Lipinski definition) is 6. The topological polar surface area (TPSA) is 82.2 Å². The quantitative estimate of drug-likeness (QED) is 0.489. The number of sulfonamides is 1. The molecule has 0 bridgehead atoms. The fraction of sp³-hybridized carbons (Fsp3) is 0.480. The van der Waals surface area contributed by atoms with E-state index in [9.17, 15) is 13.2 Å². The van der Waals surface area contributed by atoms with Crippen LogP contribution in [0.1, 0.15) is 18.9 Å². The second kappa shape index (κ2) is 12.2. The summed E-state index contributed by atoms with van der Waals surface area (Å²) in [4.78, 5) is 17.6. The number of carbonyl (C=O) groups excluding carboxylic acids is 1. The van der Waals surface area contributed by atoms with Crippen molar-refractivity contribution in [2.24, 2.45) is 0 Å². The molecule has 1 aliphatic rings. The molecular formula is C25H36N4O4S. The molecule has 1 heterocycles. The molecule has 2 aromatic rings. The van der Waals surface area contributed by atoms with Gasteiger partial charge in [0.15, 0.2) is 0 Å². The van der Waals surface area contributed by atoms with Crippen molar-refractivity contribution in [3.63, 3.8) is 0 Å². The van der Waals surface area contributed by atoms with Crippen LogP contribution in [0.15, 0.2) is 53.4 Å². The molecule has 1 N–H and O–H groups in total. The van der Waals surface area contributed by atoms with E-state index in [0.29, 0.717) is 24.6 Å². The maximum atomic E-state index is 13.5. The molecule has 186 valence electrons. The number of aryl methyl sites for hydroxylation is 1. The Morgan fingerprint density at radius 1 is 1.03 bits per heavy atom. The summed E-state index contributed by atoms with van der Waals surface area (Å²) in [5.74, 6) is 0.273. The van der Waals surface area contributed by atoms with Crippen molar-refractivity contribution >= 4 is 21.6 Å². The molecule has 0 radical (unpaired) electrons. The Kier molecular flexibility index (Phi) is 9.32. The maximum Gasteiger partial charge on any atom is 0.264 e. The van der Waals surface area contributed by atoms with E-state index in [-0.39, 0.29) is 17.3 Å². The lowest BCUT2D eigenvalue weighted by Crippen LogP contribution is -2.45. The highest BCUT2D eigenvalue weighted by atomic mass is 32.2. The summed E-state index contributed by atoms with van der Waals surface area (Å²) in [7, 11) is -1.82. The molecule has 1 saturated heterocycles. The summed E-state index contributed by atoms with van der Waals surface area (Å²) in [5.41, 5.74) is 1.46. The minimum atomic E-state index is -3.94. The Bertz CT molecular complexity index is 1020. The van der Waals surface area contributed by atoms with Gasteiger partial charge in [-0.15, -0.1) is 0 Å². The molecular weight excluding hydrogens is 452 g/mol. The fourth-order valence-electron chi connectivity index (χ4n) is 3.82. The Morgan fingerprint density at radius 2 is 1.68 bits per heavy atom. The van der Waals surface area contributed by atoms with Crippen LogP contribution >= 0.6 is 0 Å². The lowest BCUT2D eigenvalue weighted by atomic mass is 10.2. The first-order valence-corrected chi connectivity index (χ1v) is 13.2. The molecule has 9 heteroatoms. The molecule has 0 atom stereocenters. The van der Waals surface area contributed by atoms with Crippen molar-refractivity contribution in [3.05, 3.63) is 54.1 Å². The van der Waals surface area contributed by atoms with E-state index in [4.69, 9.17) is 4.74 Å². The van der Waals surface area contributed by atoms with Gasteiger partial charge in [0.25, 0.3) is 10.0 Å². The summed E-state index contributed by atoms with van der Waals surface area (Å²) in [5, 5.41) is 2.89. The molecule has 0 spiro atoms. The zero-order chi connectivity index (χ0) is 24.6. The van der Waals surface area contributed by atoms with Crippen molar-refractivity contribution in [2.45, 2.75) is 25.2 Å². The summed E-state index contributed by atoms with van der Waals surface area (Å²) >= 11 is 0. The highest BCUT2D eigenvalue weighted by Gasteiger charge is 2.27. The molecule has 34 heavy (non-hydrogen) atoms. The van der Waals surface area contributed by atoms with Gasteiger partial charge in [-0.1, -0.05) is 17.7 Å². The lowest BCUT2D eigenvalue weighted by molar-refractivity contribution is -0.119. The van der Waals surface area contributed by atoms with Crippen LogP contribution in [0.2, 0.25) is 0 Å². The third kappa shape index (κ3) is 7.19. The smallest absolute Gasteiger partial charge is 0.264 e. The summed E-state index contributed by atoms with van der Waals surface area (Å²) in [6.45, 7) is 9.62. The second-order valence-corrected chi connectivity index (χ2v) is 10.5. The predicted octanol–water partition coefficient (Wildman–Crippen LogP) is 2.34. The normalized spacial score (nSPS) is 15.1. The van der Waals surface area contributed by atoms with Gasteiger partial charge < -0.3 is 19.9 Å². The number of benzene rings is 2. The summed E-state index contributed by atoms with van der Waals surface area (Å²) < 4.78 is 33.5. The van der Waals surface area contributed by atoms with Gasteiger partial charge in [-0.2, -0.15) is 0 Å². The molecule has 0 aromatic heterocycles. The van der Waals surface area contributed by atoms with E-state index < -0.39 is 10.0 Å². The van der Waals surface area contributed by atoms with E-state index in [1.54, 1.807) is 24.3 Å². The first-order valence-electron chi connectivity index (χ1n) is 11.8. The van der Waals surface area contributed by atoms with Gasteiger partial charge in [-0.3, -0.25) is 9.10 Å². The number of nitrogens with one attached hydrogen (secondary N) is 1. The Morgan fingerprint density at radius 3 is 2.29 bits per heavy atom. The van der Waals surface area contributed by atoms with Crippen LogP contribution in [0.5, 0.6) is 5.75 Å².